The highest BCUT2D eigenvalue weighted by Gasteiger charge is 2.71. The minimum absolute atomic E-state index is 0.0627. The van der Waals surface area contributed by atoms with E-state index in [2.05, 4.69) is 17.5 Å². The van der Waals surface area contributed by atoms with E-state index in [0.717, 1.165) is 24.8 Å². The van der Waals surface area contributed by atoms with Crippen molar-refractivity contribution in [1.82, 2.24) is 5.43 Å². The van der Waals surface area contributed by atoms with Crippen LogP contribution in [-0.2, 0) is 9.53 Å². The Labute approximate surface area is 228 Å². The fourth-order valence-corrected chi connectivity index (χ4v) is 9.24. The molecule has 1 heterocycles. The Kier molecular flexibility index (Phi) is 6.21. The lowest BCUT2D eigenvalue weighted by atomic mass is 9.41. The molecule has 9 nitrogen and oxygen atoms in total. The number of hydrogen-bond acceptors (Lipinski definition) is 8. The van der Waals surface area contributed by atoms with E-state index in [-0.39, 0.29) is 42.5 Å². The van der Waals surface area contributed by atoms with Crippen molar-refractivity contribution >= 4 is 18.1 Å². The van der Waals surface area contributed by atoms with Crippen LogP contribution in [0, 0.1) is 28.6 Å². The third kappa shape index (κ3) is 3.88. The van der Waals surface area contributed by atoms with Crippen molar-refractivity contribution in [2.24, 2.45) is 33.7 Å². The largest absolute Gasteiger partial charge is 0.508 e. The number of benzene rings is 1. The number of aromatic hydroxyl groups is 1. The maximum absolute atomic E-state index is 12.7. The van der Waals surface area contributed by atoms with Gasteiger partial charge in [0, 0.05) is 35.1 Å². The minimum Gasteiger partial charge on any atom is -0.508 e. The van der Waals surface area contributed by atoms with Crippen molar-refractivity contribution in [2.45, 2.75) is 82.0 Å². The first-order valence-electron chi connectivity index (χ1n) is 14.1. The van der Waals surface area contributed by atoms with E-state index in [1.807, 2.05) is 0 Å². The molecule has 5 N–H and O–H groups in total. The summed E-state index contributed by atoms with van der Waals surface area (Å²) in [6, 6.07) is 5.88. The molecule has 1 aromatic rings. The summed E-state index contributed by atoms with van der Waals surface area (Å²) in [5.74, 6) is -0.777. The summed E-state index contributed by atoms with van der Waals surface area (Å²) in [5.41, 5.74) is 0.516. The third-order valence-electron chi connectivity index (χ3n) is 11.2. The Hall–Kier alpha value is -2.75. The van der Waals surface area contributed by atoms with Gasteiger partial charge in [-0.1, -0.05) is 6.92 Å². The van der Waals surface area contributed by atoms with Crippen LogP contribution in [0.25, 0.3) is 0 Å². The van der Waals surface area contributed by atoms with Gasteiger partial charge in [0.1, 0.15) is 12.4 Å². The molecule has 0 aromatic heterocycles. The van der Waals surface area contributed by atoms with Crippen LogP contribution in [0.5, 0.6) is 5.75 Å². The smallest absolute Gasteiger partial charge is 0.331 e. The van der Waals surface area contributed by atoms with Gasteiger partial charge in [-0.25, -0.2) is 10.2 Å². The number of ether oxygens (including phenoxy) is 1. The van der Waals surface area contributed by atoms with Gasteiger partial charge in [0.25, 0.3) is 5.91 Å². The van der Waals surface area contributed by atoms with Crippen molar-refractivity contribution in [2.75, 3.05) is 6.61 Å². The number of hydrogen-bond donors (Lipinski definition) is 5. The molecule has 9 heteroatoms. The van der Waals surface area contributed by atoms with E-state index in [0.29, 0.717) is 37.7 Å². The molecule has 6 rings (SSSR count). The first-order chi connectivity index (χ1) is 18.5. The molecular weight excluding hydrogens is 500 g/mol. The second-order valence-electron chi connectivity index (χ2n) is 12.8. The monoisotopic (exact) mass is 538 g/mol. The van der Waals surface area contributed by atoms with Crippen LogP contribution in [0.4, 0.5) is 0 Å². The molecule has 4 saturated carbocycles. The van der Waals surface area contributed by atoms with Crippen molar-refractivity contribution in [1.29, 1.82) is 0 Å². The van der Waals surface area contributed by atoms with Gasteiger partial charge < -0.3 is 25.2 Å². The molecule has 39 heavy (non-hydrogen) atoms. The highest BCUT2D eigenvalue weighted by Crippen LogP contribution is 2.70. The number of rotatable bonds is 4. The second-order valence-corrected chi connectivity index (χ2v) is 12.8. The first-order valence-corrected chi connectivity index (χ1v) is 14.1. The van der Waals surface area contributed by atoms with Gasteiger partial charge in [0.2, 0.25) is 0 Å². The topological polar surface area (TPSA) is 149 Å². The molecule has 1 aliphatic heterocycles. The summed E-state index contributed by atoms with van der Waals surface area (Å²) in [4.78, 5) is 24.5. The van der Waals surface area contributed by atoms with E-state index in [4.69, 9.17) is 4.74 Å². The fourth-order valence-electron chi connectivity index (χ4n) is 9.24. The van der Waals surface area contributed by atoms with Gasteiger partial charge in [0.05, 0.1) is 17.3 Å². The molecule has 4 fully saturated rings. The Morgan fingerprint density at radius 1 is 1.05 bits per heavy atom. The van der Waals surface area contributed by atoms with Crippen LogP contribution in [-0.4, -0.2) is 62.4 Å². The summed E-state index contributed by atoms with van der Waals surface area (Å²) >= 11 is 0. The molecule has 210 valence electrons. The van der Waals surface area contributed by atoms with Crippen molar-refractivity contribution in [3.63, 3.8) is 0 Å². The Morgan fingerprint density at radius 2 is 1.79 bits per heavy atom. The van der Waals surface area contributed by atoms with Crippen LogP contribution in [0.3, 0.4) is 0 Å². The highest BCUT2D eigenvalue weighted by atomic mass is 16.5. The maximum Gasteiger partial charge on any atom is 0.331 e. The predicted molar refractivity (Wildman–Crippen MR) is 142 cm³/mol. The molecule has 1 aromatic carbocycles. The molecule has 0 bridgehead atoms. The lowest BCUT2D eigenvalue weighted by molar-refractivity contribution is -0.237. The molecule has 8 atom stereocenters. The van der Waals surface area contributed by atoms with E-state index >= 15 is 0 Å². The SMILES string of the molecule is C[C@]12CC[C@H]3[C@@H](CC[C@]4(O)C[C@H](O)CC[C@]34/C=N\NC(=O)c3ccc(O)cc3)[C@]1(O)CC[C@H]2C1=CC(=O)OC1. The van der Waals surface area contributed by atoms with Gasteiger partial charge in [-0.15, -0.1) is 0 Å². The molecular formula is C30H38N2O7. The number of aliphatic hydroxyl groups excluding tert-OH is 1. The minimum atomic E-state index is -1.20. The van der Waals surface area contributed by atoms with Gasteiger partial charge in [-0.2, -0.15) is 5.10 Å². The van der Waals surface area contributed by atoms with Gasteiger partial charge in [-0.05, 0) is 99.0 Å². The Morgan fingerprint density at radius 3 is 2.51 bits per heavy atom. The number of phenols is 1. The zero-order chi connectivity index (χ0) is 27.6. The van der Waals surface area contributed by atoms with E-state index in [1.54, 1.807) is 12.3 Å². The summed E-state index contributed by atoms with van der Waals surface area (Å²) in [5, 5.41) is 49.0. The molecule has 5 aliphatic rings. The van der Waals surface area contributed by atoms with Crippen LogP contribution < -0.4 is 5.43 Å². The van der Waals surface area contributed by atoms with E-state index in [9.17, 15) is 30.0 Å². The number of nitrogens with zero attached hydrogens (tertiary/aromatic N) is 1. The average molecular weight is 539 g/mol. The number of esters is 1. The molecule has 0 radical (unpaired) electrons. The van der Waals surface area contributed by atoms with Crippen molar-refractivity contribution in [3.8, 4) is 5.75 Å². The number of carbonyl (C=O) groups is 2. The summed E-state index contributed by atoms with van der Waals surface area (Å²) in [7, 11) is 0. The number of amides is 1. The number of carbonyl (C=O) groups excluding carboxylic acids is 2. The number of hydrazone groups is 1. The lowest BCUT2D eigenvalue weighted by Gasteiger charge is -2.65. The number of nitrogens with one attached hydrogen (secondary N) is 1. The van der Waals surface area contributed by atoms with E-state index in [1.165, 1.54) is 24.3 Å². The summed E-state index contributed by atoms with van der Waals surface area (Å²) in [6.45, 7) is 2.44. The number of fused-ring (bicyclic) bond motifs is 5. The van der Waals surface area contributed by atoms with Crippen LogP contribution in [0.2, 0.25) is 0 Å². The van der Waals surface area contributed by atoms with Crippen molar-refractivity contribution in [3.05, 3.63) is 41.5 Å². The number of phenolic OH excluding ortho intramolecular Hbond substituents is 1. The molecule has 0 unspecified atom stereocenters. The maximum atomic E-state index is 12.7. The predicted octanol–water partition coefficient (Wildman–Crippen LogP) is 2.82. The molecule has 4 aliphatic carbocycles. The zero-order valence-electron chi connectivity index (χ0n) is 22.3. The van der Waals surface area contributed by atoms with Gasteiger partial charge >= 0.3 is 5.97 Å². The highest BCUT2D eigenvalue weighted by molar-refractivity contribution is 5.94. The first kappa shape index (κ1) is 26.5. The standard InChI is InChI=1S/C30H38N2O7/c1-27-10-7-23-24(30(27,38)13-9-22(27)19-14-25(35)39-16-19)8-12-29(37)15-21(34)6-11-28(23,29)17-31-32-26(36)18-2-4-20(33)5-3-18/h2-5,14,17,21-24,33-34,37-38H,6-13,15-16H2,1H3,(H,32,36)/b31-17-/t21-,22+,23+,24-,27-,28+,29+,30-/m1/s1. The third-order valence-corrected chi connectivity index (χ3v) is 11.2. The van der Waals surface area contributed by atoms with Gasteiger partial charge in [0.15, 0.2) is 0 Å². The summed E-state index contributed by atoms with van der Waals surface area (Å²) < 4.78 is 5.22. The van der Waals surface area contributed by atoms with Gasteiger partial charge in [-0.3, -0.25) is 4.79 Å². The molecule has 1 amide bonds. The average Bonchev–Trinajstić information content (AvgIpc) is 3.44. The quantitative estimate of drug-likeness (QED) is 0.225. The Bertz CT molecular complexity index is 1230. The normalized spacial score (nSPS) is 43.3. The number of aliphatic hydroxyl groups is 3. The molecule has 0 spiro atoms. The van der Waals surface area contributed by atoms with Crippen LogP contribution in [0.15, 0.2) is 41.0 Å². The Balaban J connectivity index is 1.32. The number of cyclic esters (lactones) is 1. The second kappa shape index (κ2) is 9.14. The lowest BCUT2D eigenvalue weighted by Crippen LogP contribution is -2.68. The fraction of sp³-hybridized carbons (Fsp3) is 0.633. The van der Waals surface area contributed by atoms with Crippen LogP contribution in [0.1, 0.15) is 75.1 Å². The summed E-state index contributed by atoms with van der Waals surface area (Å²) in [6.07, 6.45) is 7.89. The van der Waals surface area contributed by atoms with Crippen LogP contribution >= 0.6 is 0 Å². The molecule has 0 saturated heterocycles. The van der Waals surface area contributed by atoms with E-state index < -0.39 is 34.0 Å². The van der Waals surface area contributed by atoms with Crippen molar-refractivity contribution < 1.29 is 34.8 Å². The zero-order valence-corrected chi connectivity index (χ0v) is 22.3.